The van der Waals surface area contributed by atoms with Crippen molar-refractivity contribution in [2.45, 2.75) is 33.2 Å². The number of hydrogen-bond acceptors (Lipinski definition) is 6. The maximum atomic E-state index is 12.9. The van der Waals surface area contributed by atoms with Crippen molar-refractivity contribution in [2.24, 2.45) is 7.05 Å². The molecule has 0 radical (unpaired) electrons. The van der Waals surface area contributed by atoms with Crippen LogP contribution in [0.2, 0.25) is 0 Å². The van der Waals surface area contributed by atoms with Crippen LogP contribution in [0.1, 0.15) is 23.5 Å². The third kappa shape index (κ3) is 2.66. The van der Waals surface area contributed by atoms with Crippen LogP contribution >= 0.6 is 11.3 Å². The zero-order valence-corrected chi connectivity index (χ0v) is 15.5. The number of hydrogen-bond donors (Lipinski definition) is 1. The lowest BCUT2D eigenvalue weighted by molar-refractivity contribution is -0.117. The molecule has 1 unspecified atom stereocenters. The third-order valence-corrected chi connectivity index (χ3v) is 5.49. The molecule has 1 atom stereocenters. The van der Waals surface area contributed by atoms with Crippen molar-refractivity contribution in [1.29, 1.82) is 0 Å². The summed E-state index contributed by atoms with van der Waals surface area (Å²) < 4.78 is 1.76. The molecular weight excluding hydrogens is 336 g/mol. The first-order valence-electron chi connectivity index (χ1n) is 8.25. The first-order valence-corrected chi connectivity index (χ1v) is 9.13. The average Bonchev–Trinajstić information content (AvgIpc) is 3.19. The highest BCUT2D eigenvalue weighted by atomic mass is 32.1. The lowest BCUT2D eigenvalue weighted by Gasteiger charge is -2.17. The van der Waals surface area contributed by atoms with Crippen LogP contribution in [-0.2, 0) is 11.8 Å². The summed E-state index contributed by atoms with van der Waals surface area (Å²) in [7, 11) is 1.86. The monoisotopic (exact) mass is 356 g/mol. The lowest BCUT2D eigenvalue weighted by atomic mass is 10.2. The molecule has 0 saturated carbocycles. The van der Waals surface area contributed by atoms with Crippen molar-refractivity contribution in [3.63, 3.8) is 0 Å². The Kier molecular flexibility index (Phi) is 3.72. The Morgan fingerprint density at radius 3 is 2.80 bits per heavy atom. The van der Waals surface area contributed by atoms with E-state index in [1.54, 1.807) is 20.9 Å². The van der Waals surface area contributed by atoms with Crippen LogP contribution in [0.3, 0.4) is 0 Å². The molecule has 4 heterocycles. The number of aryl methyl sites for hydroxylation is 4. The Labute approximate surface area is 149 Å². The van der Waals surface area contributed by atoms with E-state index in [1.165, 1.54) is 0 Å². The van der Waals surface area contributed by atoms with Gasteiger partial charge in [-0.2, -0.15) is 5.10 Å². The minimum absolute atomic E-state index is 0.0558. The first-order chi connectivity index (χ1) is 11.9. The second kappa shape index (κ2) is 5.80. The van der Waals surface area contributed by atoms with Crippen LogP contribution in [0.25, 0.3) is 10.2 Å². The molecule has 0 spiro atoms. The molecule has 1 N–H and O–H groups in total. The molecule has 4 rings (SSSR count). The van der Waals surface area contributed by atoms with Crippen molar-refractivity contribution < 1.29 is 4.79 Å². The van der Waals surface area contributed by atoms with E-state index in [0.717, 1.165) is 39.5 Å². The van der Waals surface area contributed by atoms with E-state index < -0.39 is 0 Å². The van der Waals surface area contributed by atoms with Gasteiger partial charge in [-0.25, -0.2) is 9.97 Å². The Morgan fingerprint density at radius 1 is 1.28 bits per heavy atom. The normalized spacial score (nSPS) is 17.7. The number of nitrogens with zero attached hydrogens (tertiary/aromatic N) is 5. The Hall–Kier alpha value is -2.48. The molecule has 1 aliphatic heterocycles. The molecule has 7 nitrogen and oxygen atoms in total. The largest absolute Gasteiger partial charge is 0.358 e. The third-order valence-electron chi connectivity index (χ3n) is 4.50. The fourth-order valence-corrected chi connectivity index (χ4v) is 4.32. The van der Waals surface area contributed by atoms with E-state index in [0.29, 0.717) is 12.4 Å². The Bertz CT molecular complexity index is 975. The second-order valence-corrected chi connectivity index (χ2v) is 7.32. The molecule has 3 aromatic rings. The van der Waals surface area contributed by atoms with Gasteiger partial charge in [0.2, 0.25) is 0 Å². The van der Waals surface area contributed by atoms with Crippen molar-refractivity contribution in [2.75, 3.05) is 16.8 Å². The van der Waals surface area contributed by atoms with E-state index in [9.17, 15) is 4.79 Å². The van der Waals surface area contributed by atoms with Gasteiger partial charge in [0.15, 0.2) is 0 Å². The molecule has 0 aliphatic carbocycles. The number of fused-ring (bicyclic) bond motifs is 1. The number of rotatable bonds is 3. The summed E-state index contributed by atoms with van der Waals surface area (Å²) in [5, 5.41) is 10.8. The molecular formula is C17H20N6OS. The number of anilines is 2. The summed E-state index contributed by atoms with van der Waals surface area (Å²) in [5.41, 5.74) is 2.04. The maximum Gasteiger partial charge on any atom is 0.250 e. The van der Waals surface area contributed by atoms with Crippen LogP contribution in [0.4, 0.5) is 11.6 Å². The molecule has 0 bridgehead atoms. The predicted molar refractivity (Wildman–Crippen MR) is 99.2 cm³/mol. The first kappa shape index (κ1) is 16.0. The Morgan fingerprint density at radius 2 is 2.08 bits per heavy atom. The number of carbonyl (C=O) groups excluding carboxylic acids is 1. The number of carbonyl (C=O) groups is 1. The zero-order chi connectivity index (χ0) is 17.7. The summed E-state index contributed by atoms with van der Waals surface area (Å²) in [6, 6.07) is 1.66. The second-order valence-electron chi connectivity index (χ2n) is 6.46. The predicted octanol–water partition coefficient (Wildman–Crippen LogP) is 2.57. The molecule has 1 amide bonds. The highest BCUT2D eigenvalue weighted by molar-refractivity contribution is 7.17. The lowest BCUT2D eigenvalue weighted by Crippen LogP contribution is -2.34. The Balaban J connectivity index is 1.63. The highest BCUT2D eigenvalue weighted by Gasteiger charge is 2.34. The minimum atomic E-state index is -0.285. The van der Waals surface area contributed by atoms with Crippen LogP contribution in [0, 0.1) is 20.8 Å². The maximum absolute atomic E-state index is 12.9. The van der Waals surface area contributed by atoms with Crippen molar-refractivity contribution in [1.82, 2.24) is 19.7 Å². The summed E-state index contributed by atoms with van der Waals surface area (Å²) >= 11 is 1.61. The number of amides is 1. The standard InChI is InChI=1S/C17H20N6OS/c1-9-8-25-16-14(9)15(18-11(3)19-16)20-12-5-6-23(17(12)24)13-7-10(2)21-22(13)4/h7-8,12H,5-6H2,1-4H3,(H,18,19,20). The van der Waals surface area contributed by atoms with Crippen LogP contribution in [0.5, 0.6) is 0 Å². The van der Waals surface area contributed by atoms with E-state index in [4.69, 9.17) is 0 Å². The van der Waals surface area contributed by atoms with Gasteiger partial charge in [-0.05, 0) is 38.1 Å². The molecule has 8 heteroatoms. The van der Waals surface area contributed by atoms with Gasteiger partial charge in [0, 0.05) is 19.7 Å². The smallest absolute Gasteiger partial charge is 0.250 e. The van der Waals surface area contributed by atoms with Gasteiger partial charge in [0.05, 0.1) is 11.1 Å². The van der Waals surface area contributed by atoms with Crippen LogP contribution in [0.15, 0.2) is 11.4 Å². The number of aromatic nitrogens is 4. The van der Waals surface area contributed by atoms with Gasteiger partial charge < -0.3 is 5.32 Å². The molecule has 25 heavy (non-hydrogen) atoms. The zero-order valence-electron chi connectivity index (χ0n) is 14.7. The van der Waals surface area contributed by atoms with Crippen LogP contribution in [-0.4, -0.2) is 38.2 Å². The van der Waals surface area contributed by atoms with Gasteiger partial charge in [-0.1, -0.05) is 0 Å². The van der Waals surface area contributed by atoms with Gasteiger partial charge in [0.1, 0.15) is 28.3 Å². The molecule has 3 aromatic heterocycles. The fraction of sp³-hybridized carbons (Fsp3) is 0.412. The minimum Gasteiger partial charge on any atom is -0.358 e. The molecule has 1 fully saturated rings. The van der Waals surface area contributed by atoms with E-state index >= 15 is 0 Å². The van der Waals surface area contributed by atoms with Gasteiger partial charge in [-0.15, -0.1) is 11.3 Å². The summed E-state index contributed by atoms with van der Waals surface area (Å²) in [6.07, 6.45) is 0.733. The molecule has 130 valence electrons. The van der Waals surface area contributed by atoms with Gasteiger partial charge >= 0.3 is 0 Å². The van der Waals surface area contributed by atoms with Gasteiger partial charge in [-0.3, -0.25) is 14.4 Å². The van der Waals surface area contributed by atoms with Crippen molar-refractivity contribution in [3.05, 3.63) is 28.5 Å². The summed E-state index contributed by atoms with van der Waals surface area (Å²) in [4.78, 5) is 24.7. The van der Waals surface area contributed by atoms with E-state index in [-0.39, 0.29) is 11.9 Å². The summed E-state index contributed by atoms with van der Waals surface area (Å²) in [6.45, 7) is 6.52. The number of nitrogens with one attached hydrogen (secondary N) is 1. The van der Waals surface area contributed by atoms with Crippen LogP contribution < -0.4 is 10.2 Å². The van der Waals surface area contributed by atoms with Crippen molar-refractivity contribution in [3.8, 4) is 0 Å². The average molecular weight is 356 g/mol. The summed E-state index contributed by atoms with van der Waals surface area (Å²) in [5.74, 6) is 2.35. The molecule has 0 aromatic carbocycles. The topological polar surface area (TPSA) is 75.9 Å². The SMILES string of the molecule is Cc1cc(N2CCC(Nc3nc(C)nc4scc(C)c34)C2=O)n(C)n1. The quantitative estimate of drug-likeness (QED) is 0.780. The fourth-order valence-electron chi connectivity index (χ4n) is 3.35. The van der Waals surface area contributed by atoms with Crippen molar-refractivity contribution >= 4 is 39.1 Å². The molecule has 1 aliphatic rings. The van der Waals surface area contributed by atoms with Gasteiger partial charge in [0.25, 0.3) is 5.91 Å². The molecule has 1 saturated heterocycles. The highest BCUT2D eigenvalue weighted by Crippen LogP contribution is 2.31. The van der Waals surface area contributed by atoms with E-state index in [2.05, 4.69) is 25.8 Å². The van der Waals surface area contributed by atoms with E-state index in [1.807, 2.05) is 33.9 Å². The number of thiophene rings is 1.